The third-order valence-electron chi connectivity index (χ3n) is 6.77. The maximum absolute atomic E-state index is 15.6. The summed E-state index contributed by atoms with van der Waals surface area (Å²) in [5.74, 6) is -6.25. The zero-order chi connectivity index (χ0) is 28.8. The molecule has 0 aliphatic heterocycles. The van der Waals surface area contributed by atoms with E-state index in [2.05, 4.69) is 15.4 Å². The van der Waals surface area contributed by atoms with Gasteiger partial charge in [-0.25, -0.2) is 18.3 Å². The molecule has 1 aliphatic carbocycles. The quantitative estimate of drug-likeness (QED) is 0.169. The molecular weight excluding hydrogens is 541 g/mol. The molecule has 1 N–H and O–H groups in total. The molecule has 0 atom stereocenters. The van der Waals surface area contributed by atoms with E-state index < -0.39 is 48.0 Å². The van der Waals surface area contributed by atoms with Gasteiger partial charge in [-0.2, -0.15) is 27.1 Å². The number of hydrogen-bond acceptors (Lipinski definition) is 4. The fourth-order valence-electron chi connectivity index (χ4n) is 4.49. The van der Waals surface area contributed by atoms with Crippen molar-refractivity contribution < 1.29 is 35.5 Å². The molecule has 0 spiro atoms. The largest absolute Gasteiger partial charge is 0.390 e. The minimum Gasteiger partial charge on any atom is -0.382 e. The molecule has 0 radical (unpaired) electrons. The first-order chi connectivity index (χ1) is 18.8. The molecule has 1 saturated carbocycles. The maximum atomic E-state index is 15.6. The molecule has 12 heteroatoms. The Morgan fingerprint density at radius 2 is 1.80 bits per heavy atom. The summed E-state index contributed by atoms with van der Waals surface area (Å²) in [7, 11) is 0. The Balaban J connectivity index is 1.60. The third kappa shape index (κ3) is 5.66. The van der Waals surface area contributed by atoms with E-state index in [0.29, 0.717) is 47.2 Å². The molecule has 5 rings (SSSR count). The van der Waals surface area contributed by atoms with Crippen LogP contribution < -0.4 is 5.32 Å². The number of hydrogen-bond donors (Lipinski definition) is 1. The van der Waals surface area contributed by atoms with Crippen LogP contribution in [0.4, 0.5) is 36.4 Å². The summed E-state index contributed by atoms with van der Waals surface area (Å²) in [6, 6.07) is 7.25. The van der Waals surface area contributed by atoms with Gasteiger partial charge in [0.25, 0.3) is 0 Å². The number of fused-ring (bicyclic) bond motifs is 1. The van der Waals surface area contributed by atoms with Crippen LogP contribution in [0.5, 0.6) is 0 Å². The Hall–Kier alpha value is -3.96. The second-order valence-corrected chi connectivity index (χ2v) is 9.91. The molecule has 210 valence electrons. The van der Waals surface area contributed by atoms with Crippen molar-refractivity contribution in [3.05, 3.63) is 82.7 Å². The second-order valence-electron chi connectivity index (χ2n) is 9.91. The topological polar surface area (TPSA) is 59.3 Å². The molecule has 0 bridgehead atoms. The van der Waals surface area contributed by atoms with E-state index in [1.165, 1.54) is 6.20 Å². The van der Waals surface area contributed by atoms with Gasteiger partial charge < -0.3 is 5.32 Å². The number of aromatic nitrogens is 3. The second kappa shape index (κ2) is 10.2. The molecule has 2 aromatic heterocycles. The van der Waals surface area contributed by atoms with E-state index in [0.717, 1.165) is 23.4 Å². The third-order valence-corrected chi connectivity index (χ3v) is 6.77. The first-order valence-electron chi connectivity index (χ1n) is 12.5. The van der Waals surface area contributed by atoms with Gasteiger partial charge in [0.15, 0.2) is 11.4 Å². The normalized spacial score (nSPS) is 14.1. The Kier molecular flexibility index (Phi) is 7.05. The number of nitrogens with one attached hydrogen (secondary N) is 1. The van der Waals surface area contributed by atoms with Crippen LogP contribution in [0.3, 0.4) is 0 Å². The van der Waals surface area contributed by atoms with E-state index in [1.807, 2.05) is 0 Å². The number of Topliss-reactive ketones (excluding diaryl/α,β-unsaturated/α-hetero) is 1. The Morgan fingerprint density at radius 3 is 2.48 bits per heavy atom. The predicted molar refractivity (Wildman–Crippen MR) is 133 cm³/mol. The Bertz CT molecular complexity index is 1590. The molecule has 40 heavy (non-hydrogen) atoms. The van der Waals surface area contributed by atoms with Crippen molar-refractivity contribution >= 4 is 17.1 Å². The van der Waals surface area contributed by atoms with Gasteiger partial charge in [-0.15, -0.1) is 0 Å². The number of carbonyl (C=O) groups is 1. The number of imidazole rings is 1. The number of anilines is 1. The average molecular weight is 565 g/mol. The van der Waals surface area contributed by atoms with Gasteiger partial charge >= 0.3 is 12.1 Å². The highest BCUT2D eigenvalue weighted by Gasteiger charge is 2.40. The fraction of sp³-hybridized carbons (Fsp3) is 0.321. The number of halogens is 7. The number of aryl methyl sites for hydroxylation is 1. The van der Waals surface area contributed by atoms with Crippen LogP contribution in [0, 0.1) is 24.5 Å². The lowest BCUT2D eigenvalue weighted by atomic mass is 9.98. The number of benzene rings is 2. The van der Waals surface area contributed by atoms with Crippen LogP contribution in [0.2, 0.25) is 0 Å². The van der Waals surface area contributed by atoms with Gasteiger partial charge in [0.2, 0.25) is 0 Å². The highest BCUT2D eigenvalue weighted by molar-refractivity contribution is 5.98. The fourth-order valence-corrected chi connectivity index (χ4v) is 4.49. The van der Waals surface area contributed by atoms with Crippen LogP contribution in [-0.2, 0) is 5.92 Å². The first-order valence-corrected chi connectivity index (χ1v) is 12.5. The lowest BCUT2D eigenvalue weighted by molar-refractivity contribution is -0.131. The molecule has 5 nitrogen and oxygen atoms in total. The van der Waals surface area contributed by atoms with Crippen molar-refractivity contribution in [2.45, 2.75) is 44.7 Å². The standard InChI is InChI=1S/C28H23F7N4O/c1-15-10-17(4-6-19(15)24(40)11-16-2-3-16)23-14-37-26-22(36-9-8-27(31,32)33)13-25(38-39(23)26)28(34,35)20-12-18(29)5-7-21(20)30/h4-7,10,12-14,16,36H,2-3,8-9,11H2,1H3. The maximum Gasteiger partial charge on any atom is 0.390 e. The van der Waals surface area contributed by atoms with Crippen molar-refractivity contribution in [2.24, 2.45) is 5.92 Å². The summed E-state index contributed by atoms with van der Waals surface area (Å²) in [5, 5.41) is 6.44. The van der Waals surface area contributed by atoms with Crippen LogP contribution in [0.1, 0.15) is 52.9 Å². The van der Waals surface area contributed by atoms with Crippen molar-refractivity contribution in [2.75, 3.05) is 11.9 Å². The molecule has 2 heterocycles. The first kappa shape index (κ1) is 27.6. The monoisotopic (exact) mass is 564 g/mol. The number of ketones is 1. The van der Waals surface area contributed by atoms with Gasteiger partial charge in [0, 0.05) is 24.1 Å². The summed E-state index contributed by atoms with van der Waals surface area (Å²) >= 11 is 0. The molecule has 0 saturated heterocycles. The van der Waals surface area contributed by atoms with E-state index >= 15 is 8.78 Å². The SMILES string of the molecule is Cc1cc(-c2cnc3c(NCCC(F)(F)F)cc(C(F)(F)c4cc(F)ccc4F)nn23)ccc1C(=O)CC1CC1. The zero-order valence-electron chi connectivity index (χ0n) is 21.1. The lowest BCUT2D eigenvalue weighted by Crippen LogP contribution is -2.22. The molecule has 1 fully saturated rings. The minimum atomic E-state index is -4.51. The molecule has 4 aromatic rings. The summed E-state index contributed by atoms with van der Waals surface area (Å²) in [6.45, 7) is 1.08. The molecular formula is C28H23F7N4O. The van der Waals surface area contributed by atoms with Crippen molar-refractivity contribution in [1.82, 2.24) is 14.6 Å². The van der Waals surface area contributed by atoms with E-state index in [9.17, 15) is 26.7 Å². The number of nitrogens with zero attached hydrogens (tertiary/aromatic N) is 3. The molecule has 0 amide bonds. The van der Waals surface area contributed by atoms with Crippen LogP contribution in [-0.4, -0.2) is 33.1 Å². The summed E-state index contributed by atoms with van der Waals surface area (Å²) < 4.78 is 98.6. The number of alkyl halides is 5. The number of rotatable bonds is 9. The van der Waals surface area contributed by atoms with Crippen molar-refractivity contribution in [3.8, 4) is 11.3 Å². The van der Waals surface area contributed by atoms with E-state index in [4.69, 9.17) is 0 Å². The summed E-state index contributed by atoms with van der Waals surface area (Å²) in [4.78, 5) is 16.8. The average Bonchev–Trinajstić information content (AvgIpc) is 3.58. The highest BCUT2D eigenvalue weighted by Crippen LogP contribution is 2.39. The summed E-state index contributed by atoms with van der Waals surface area (Å²) in [6.07, 6.45) is -1.98. The van der Waals surface area contributed by atoms with Crippen LogP contribution in [0.25, 0.3) is 16.9 Å². The highest BCUT2D eigenvalue weighted by atomic mass is 19.4. The zero-order valence-corrected chi connectivity index (χ0v) is 21.1. The van der Waals surface area contributed by atoms with Gasteiger partial charge in [-0.05, 0) is 61.6 Å². The molecule has 1 aliphatic rings. The van der Waals surface area contributed by atoms with Crippen molar-refractivity contribution in [3.63, 3.8) is 0 Å². The van der Waals surface area contributed by atoms with Crippen LogP contribution >= 0.6 is 0 Å². The smallest absolute Gasteiger partial charge is 0.382 e. The van der Waals surface area contributed by atoms with E-state index in [1.54, 1.807) is 25.1 Å². The summed E-state index contributed by atoms with van der Waals surface area (Å²) in [5.41, 5.74) is -0.740. The molecule has 2 aromatic carbocycles. The Morgan fingerprint density at radius 1 is 1.05 bits per heavy atom. The van der Waals surface area contributed by atoms with E-state index in [-0.39, 0.29) is 22.8 Å². The Labute approximate surface area is 224 Å². The molecule has 0 unspecified atom stereocenters. The van der Waals surface area contributed by atoms with Gasteiger partial charge in [0.1, 0.15) is 17.3 Å². The minimum absolute atomic E-state index is 0.00184. The number of carbonyl (C=O) groups excluding carboxylic acids is 1. The van der Waals surface area contributed by atoms with Crippen LogP contribution in [0.15, 0.2) is 48.7 Å². The predicted octanol–water partition coefficient (Wildman–Crippen LogP) is 7.47. The van der Waals surface area contributed by atoms with Crippen molar-refractivity contribution in [1.29, 1.82) is 0 Å². The van der Waals surface area contributed by atoms with Gasteiger partial charge in [0.05, 0.1) is 29.6 Å². The van der Waals surface area contributed by atoms with Gasteiger partial charge in [-0.3, -0.25) is 4.79 Å². The van der Waals surface area contributed by atoms with Gasteiger partial charge in [-0.1, -0.05) is 12.1 Å². The lowest BCUT2D eigenvalue weighted by Gasteiger charge is -2.19.